The van der Waals surface area contributed by atoms with E-state index in [1.807, 2.05) is 0 Å². The average Bonchev–Trinajstić information content (AvgIpc) is 2.27. The molecule has 0 N–H and O–H groups in total. The minimum Gasteiger partial charge on any atom is -0.206 e. The first kappa shape index (κ1) is 10.5. The summed E-state index contributed by atoms with van der Waals surface area (Å²) in [6.45, 7) is 1.52. The van der Waals surface area contributed by atoms with Gasteiger partial charge in [0.15, 0.2) is 17.5 Å². The third kappa shape index (κ3) is 1.71. The fourth-order valence-corrected chi connectivity index (χ4v) is 1.11. The molecule has 2 aromatic rings. The number of halogens is 3. The molecule has 1 aromatic heterocycles. The van der Waals surface area contributed by atoms with Crippen LogP contribution in [0.15, 0.2) is 12.1 Å². The number of aromatic nitrogens is 4. The third-order valence-electron chi connectivity index (χ3n) is 1.85. The largest absolute Gasteiger partial charge is 0.209 e. The normalized spacial score (nSPS) is 10.5. The van der Waals surface area contributed by atoms with Gasteiger partial charge in [-0.3, -0.25) is 0 Å². The van der Waals surface area contributed by atoms with E-state index >= 15 is 0 Å². The van der Waals surface area contributed by atoms with Crippen molar-refractivity contribution >= 4 is 0 Å². The second kappa shape index (κ2) is 3.84. The maximum absolute atomic E-state index is 13.3. The second-order valence-electron chi connectivity index (χ2n) is 2.99. The molecule has 7 heteroatoms. The molecular weight excluding hydrogens is 221 g/mol. The summed E-state index contributed by atoms with van der Waals surface area (Å²) in [5.41, 5.74) is -0.667. The van der Waals surface area contributed by atoms with Crippen molar-refractivity contribution in [1.29, 1.82) is 0 Å². The highest BCUT2D eigenvalue weighted by Gasteiger charge is 2.18. The molecule has 0 radical (unpaired) electrons. The molecule has 1 heterocycles. The van der Waals surface area contributed by atoms with E-state index in [1.54, 1.807) is 0 Å². The third-order valence-corrected chi connectivity index (χ3v) is 1.85. The first-order chi connectivity index (χ1) is 7.59. The van der Waals surface area contributed by atoms with E-state index in [0.29, 0.717) is 6.07 Å². The first-order valence-corrected chi connectivity index (χ1v) is 4.27. The maximum atomic E-state index is 13.3. The SMILES string of the molecule is Cc1nnc(-c2c(F)ccc(F)c2F)nn1. The van der Waals surface area contributed by atoms with Crippen LogP contribution in [0.25, 0.3) is 11.4 Å². The number of aryl methyl sites for hydroxylation is 1. The lowest BCUT2D eigenvalue weighted by molar-refractivity contribution is 0.497. The zero-order valence-electron chi connectivity index (χ0n) is 8.08. The lowest BCUT2D eigenvalue weighted by Gasteiger charge is -2.02. The molecule has 0 saturated heterocycles. The quantitative estimate of drug-likeness (QED) is 0.694. The smallest absolute Gasteiger partial charge is 0.206 e. The van der Waals surface area contributed by atoms with Crippen LogP contribution in [0, 0.1) is 24.4 Å². The highest BCUT2D eigenvalue weighted by atomic mass is 19.2. The molecule has 4 nitrogen and oxygen atoms in total. The van der Waals surface area contributed by atoms with Crippen LogP contribution in [-0.4, -0.2) is 20.4 Å². The van der Waals surface area contributed by atoms with E-state index in [1.165, 1.54) is 6.92 Å². The monoisotopic (exact) mass is 226 g/mol. The number of hydrogen-bond acceptors (Lipinski definition) is 4. The zero-order valence-corrected chi connectivity index (χ0v) is 8.08. The van der Waals surface area contributed by atoms with Crippen LogP contribution in [0.5, 0.6) is 0 Å². The van der Waals surface area contributed by atoms with Crippen LogP contribution in [0.1, 0.15) is 5.82 Å². The molecule has 0 aliphatic rings. The van der Waals surface area contributed by atoms with Gasteiger partial charge in [-0.25, -0.2) is 13.2 Å². The van der Waals surface area contributed by atoms with Crippen molar-refractivity contribution in [2.24, 2.45) is 0 Å². The minimum atomic E-state index is -1.35. The van der Waals surface area contributed by atoms with Gasteiger partial charge in [-0.2, -0.15) is 0 Å². The van der Waals surface area contributed by atoms with Crippen molar-refractivity contribution in [1.82, 2.24) is 20.4 Å². The van der Waals surface area contributed by atoms with E-state index in [9.17, 15) is 13.2 Å². The summed E-state index contributed by atoms with van der Waals surface area (Å²) in [5.74, 6) is -3.64. The van der Waals surface area contributed by atoms with E-state index in [2.05, 4.69) is 20.4 Å². The summed E-state index contributed by atoms with van der Waals surface area (Å²) in [5, 5.41) is 13.9. The van der Waals surface area contributed by atoms with Crippen molar-refractivity contribution in [2.45, 2.75) is 6.92 Å². The Balaban J connectivity index is 2.63. The maximum Gasteiger partial charge on any atom is 0.209 e. The summed E-state index contributed by atoms with van der Waals surface area (Å²) in [6, 6.07) is 1.47. The summed E-state index contributed by atoms with van der Waals surface area (Å²) in [4.78, 5) is 0. The molecule has 0 fully saturated rings. The van der Waals surface area contributed by atoms with E-state index in [0.717, 1.165) is 6.07 Å². The number of nitrogens with zero attached hydrogens (tertiary/aromatic N) is 4. The summed E-state index contributed by atoms with van der Waals surface area (Å²) in [6.07, 6.45) is 0. The first-order valence-electron chi connectivity index (χ1n) is 4.27. The van der Waals surface area contributed by atoms with Crippen molar-refractivity contribution in [3.63, 3.8) is 0 Å². The Bertz CT molecular complexity index is 527. The van der Waals surface area contributed by atoms with Gasteiger partial charge in [0.05, 0.1) is 5.56 Å². The fraction of sp³-hybridized carbons (Fsp3) is 0.111. The van der Waals surface area contributed by atoms with Gasteiger partial charge < -0.3 is 0 Å². The van der Waals surface area contributed by atoms with Gasteiger partial charge in [0, 0.05) is 0 Å². The van der Waals surface area contributed by atoms with Crippen molar-refractivity contribution in [2.75, 3.05) is 0 Å². The lowest BCUT2D eigenvalue weighted by atomic mass is 10.2. The molecule has 0 atom stereocenters. The topological polar surface area (TPSA) is 51.6 Å². The van der Waals surface area contributed by atoms with Gasteiger partial charge in [0.2, 0.25) is 5.82 Å². The van der Waals surface area contributed by atoms with Crippen LogP contribution < -0.4 is 0 Å². The van der Waals surface area contributed by atoms with Crippen LogP contribution >= 0.6 is 0 Å². The number of benzene rings is 1. The Kier molecular flexibility index (Phi) is 2.51. The molecule has 0 amide bonds. The Morgan fingerprint density at radius 3 is 2.06 bits per heavy atom. The molecule has 1 aromatic carbocycles. The van der Waals surface area contributed by atoms with E-state index < -0.39 is 23.0 Å². The van der Waals surface area contributed by atoms with Gasteiger partial charge in [-0.05, 0) is 19.1 Å². The summed E-state index contributed by atoms with van der Waals surface area (Å²) < 4.78 is 39.5. The lowest BCUT2D eigenvalue weighted by Crippen LogP contribution is -2.03. The number of hydrogen-bond donors (Lipinski definition) is 0. The van der Waals surface area contributed by atoms with Gasteiger partial charge in [0.25, 0.3) is 0 Å². The zero-order chi connectivity index (χ0) is 11.7. The Morgan fingerprint density at radius 1 is 0.875 bits per heavy atom. The van der Waals surface area contributed by atoms with Crippen molar-refractivity contribution < 1.29 is 13.2 Å². The standard InChI is InChI=1S/C9H5F3N4/c1-4-13-15-9(16-14-4)7-5(10)2-3-6(11)8(7)12/h2-3H,1H3. The Labute approximate surface area is 88.2 Å². The minimum absolute atomic E-state index is 0.251. The highest BCUT2D eigenvalue weighted by Crippen LogP contribution is 2.23. The van der Waals surface area contributed by atoms with Crippen LogP contribution in [0.2, 0.25) is 0 Å². The van der Waals surface area contributed by atoms with Crippen LogP contribution in [-0.2, 0) is 0 Å². The molecule has 0 spiro atoms. The predicted molar refractivity (Wildman–Crippen MR) is 47.7 cm³/mol. The summed E-state index contributed by atoms with van der Waals surface area (Å²) in [7, 11) is 0. The molecule has 0 aliphatic heterocycles. The van der Waals surface area contributed by atoms with Crippen molar-refractivity contribution in [3.8, 4) is 11.4 Å². The van der Waals surface area contributed by atoms with Crippen molar-refractivity contribution in [3.05, 3.63) is 35.4 Å². The molecule has 16 heavy (non-hydrogen) atoms. The highest BCUT2D eigenvalue weighted by molar-refractivity contribution is 5.55. The molecule has 0 saturated carbocycles. The molecular formula is C9H5F3N4. The van der Waals surface area contributed by atoms with Gasteiger partial charge in [-0.1, -0.05) is 0 Å². The Morgan fingerprint density at radius 2 is 1.44 bits per heavy atom. The van der Waals surface area contributed by atoms with Crippen LogP contribution in [0.3, 0.4) is 0 Å². The molecule has 0 bridgehead atoms. The molecule has 0 unspecified atom stereocenters. The molecule has 82 valence electrons. The fourth-order valence-electron chi connectivity index (χ4n) is 1.11. The molecule has 0 aliphatic carbocycles. The summed E-state index contributed by atoms with van der Waals surface area (Å²) >= 11 is 0. The van der Waals surface area contributed by atoms with Crippen LogP contribution in [0.4, 0.5) is 13.2 Å². The second-order valence-corrected chi connectivity index (χ2v) is 2.99. The predicted octanol–water partition coefficient (Wildman–Crippen LogP) is 1.66. The molecule has 2 rings (SSSR count). The van der Waals surface area contributed by atoms with E-state index in [-0.39, 0.29) is 11.6 Å². The average molecular weight is 226 g/mol. The number of rotatable bonds is 1. The Hall–Kier alpha value is -2.05. The van der Waals surface area contributed by atoms with Gasteiger partial charge in [0.1, 0.15) is 5.82 Å². The van der Waals surface area contributed by atoms with Gasteiger partial charge >= 0.3 is 0 Å². The van der Waals surface area contributed by atoms with Gasteiger partial charge in [-0.15, -0.1) is 20.4 Å². The van der Waals surface area contributed by atoms with E-state index in [4.69, 9.17) is 0 Å².